The maximum Gasteiger partial charge on any atom is 0.257 e. The Balaban J connectivity index is 2.06. The van der Waals surface area contributed by atoms with Crippen LogP contribution in [0.25, 0.3) is 0 Å². The topological polar surface area (TPSA) is 48.5 Å². The summed E-state index contributed by atoms with van der Waals surface area (Å²) in [5.41, 5.74) is 1.51. The second-order valence-corrected chi connectivity index (χ2v) is 5.41. The normalized spacial score (nSPS) is 19.1. The lowest BCUT2D eigenvalue weighted by Gasteiger charge is -2.26. The van der Waals surface area contributed by atoms with Gasteiger partial charge in [0.2, 0.25) is 0 Å². The molecule has 1 aromatic heterocycles. The Hall–Kier alpha value is -1.62. The number of hydrogen-bond donors (Lipinski definition) is 1. The van der Waals surface area contributed by atoms with Gasteiger partial charge in [-0.05, 0) is 39.4 Å². The predicted octanol–water partition coefficient (Wildman–Crippen LogP) is 1.68. The Morgan fingerprint density at radius 2 is 2.40 bits per heavy atom. The van der Waals surface area contributed by atoms with E-state index in [2.05, 4.69) is 22.2 Å². The van der Waals surface area contributed by atoms with Gasteiger partial charge in [-0.1, -0.05) is 0 Å². The molecule has 0 aliphatic carbocycles. The first-order chi connectivity index (χ1) is 9.63. The number of rotatable bonds is 5. The Morgan fingerprint density at radius 1 is 1.60 bits per heavy atom. The van der Waals surface area contributed by atoms with Crippen molar-refractivity contribution in [1.82, 2.24) is 14.8 Å². The Morgan fingerprint density at radius 3 is 3.05 bits per heavy atom. The lowest BCUT2D eigenvalue weighted by molar-refractivity contribution is 0.0762. The molecule has 0 radical (unpaired) electrons. The summed E-state index contributed by atoms with van der Waals surface area (Å²) in [7, 11) is 4.00. The number of anilines is 1. The lowest BCUT2D eigenvalue weighted by Crippen LogP contribution is -2.39. The molecule has 1 amide bonds. The third kappa shape index (κ3) is 3.28. The van der Waals surface area contributed by atoms with Crippen LogP contribution in [-0.2, 0) is 0 Å². The zero-order valence-electron chi connectivity index (χ0n) is 12.6. The van der Waals surface area contributed by atoms with Crippen molar-refractivity contribution in [2.45, 2.75) is 25.8 Å². The number of likely N-dealkylation sites (tertiary alicyclic amines) is 1. The molecule has 1 unspecified atom stereocenters. The first-order valence-electron chi connectivity index (χ1n) is 7.27. The number of carbonyl (C=O) groups is 1. The van der Waals surface area contributed by atoms with Gasteiger partial charge in [0, 0.05) is 38.6 Å². The largest absolute Gasteiger partial charge is 0.385 e. The van der Waals surface area contributed by atoms with Gasteiger partial charge in [-0.15, -0.1) is 0 Å². The highest BCUT2D eigenvalue weighted by molar-refractivity contribution is 5.99. The molecule has 1 aliphatic heterocycles. The molecule has 1 N–H and O–H groups in total. The highest BCUT2D eigenvalue weighted by atomic mass is 16.2. The number of pyridine rings is 1. The molecule has 1 saturated heterocycles. The van der Waals surface area contributed by atoms with Gasteiger partial charge in [-0.25, -0.2) is 0 Å². The summed E-state index contributed by atoms with van der Waals surface area (Å²) in [4.78, 5) is 20.8. The van der Waals surface area contributed by atoms with E-state index >= 15 is 0 Å². The summed E-state index contributed by atoms with van der Waals surface area (Å²) in [5, 5.41) is 3.22. The van der Waals surface area contributed by atoms with Crippen molar-refractivity contribution in [1.29, 1.82) is 0 Å². The first-order valence-corrected chi connectivity index (χ1v) is 7.27. The molecule has 110 valence electrons. The number of carbonyl (C=O) groups excluding carboxylic acids is 1. The van der Waals surface area contributed by atoms with E-state index in [1.807, 2.05) is 24.9 Å². The van der Waals surface area contributed by atoms with Crippen molar-refractivity contribution in [3.05, 3.63) is 24.0 Å². The van der Waals surface area contributed by atoms with Gasteiger partial charge in [0.25, 0.3) is 5.91 Å². The van der Waals surface area contributed by atoms with Crippen molar-refractivity contribution >= 4 is 11.6 Å². The van der Waals surface area contributed by atoms with Crippen LogP contribution in [0.4, 0.5) is 5.69 Å². The molecular weight excluding hydrogens is 252 g/mol. The molecule has 0 spiro atoms. The van der Waals surface area contributed by atoms with Crippen molar-refractivity contribution < 1.29 is 4.79 Å². The number of nitrogens with one attached hydrogen (secondary N) is 1. The summed E-state index contributed by atoms with van der Waals surface area (Å²) in [6.07, 6.45) is 5.74. The van der Waals surface area contributed by atoms with Crippen LogP contribution >= 0.6 is 0 Å². The van der Waals surface area contributed by atoms with E-state index in [9.17, 15) is 4.79 Å². The molecule has 5 heteroatoms. The minimum absolute atomic E-state index is 0.0364. The molecular formula is C15H24N4O. The fourth-order valence-electron chi connectivity index (χ4n) is 2.72. The average Bonchev–Trinajstić information content (AvgIpc) is 2.84. The van der Waals surface area contributed by atoms with Crippen molar-refractivity contribution in [2.75, 3.05) is 39.0 Å². The minimum atomic E-state index is 0.0364. The van der Waals surface area contributed by atoms with Gasteiger partial charge in [-0.2, -0.15) is 0 Å². The van der Waals surface area contributed by atoms with Crippen LogP contribution in [0.15, 0.2) is 18.5 Å². The van der Waals surface area contributed by atoms with E-state index in [1.54, 1.807) is 12.4 Å². The molecule has 20 heavy (non-hydrogen) atoms. The van der Waals surface area contributed by atoms with Crippen LogP contribution < -0.4 is 5.32 Å². The van der Waals surface area contributed by atoms with Gasteiger partial charge in [0.15, 0.2) is 0 Å². The van der Waals surface area contributed by atoms with E-state index in [-0.39, 0.29) is 5.91 Å². The highest BCUT2D eigenvalue weighted by Gasteiger charge is 2.25. The Kier molecular flexibility index (Phi) is 4.95. The summed E-state index contributed by atoms with van der Waals surface area (Å²) in [6.45, 7) is 4.71. The van der Waals surface area contributed by atoms with Crippen molar-refractivity contribution in [3.63, 3.8) is 0 Å². The Labute approximate surface area is 121 Å². The molecule has 2 rings (SSSR count). The molecule has 5 nitrogen and oxygen atoms in total. The van der Waals surface area contributed by atoms with Crippen molar-refractivity contribution in [3.8, 4) is 0 Å². The SMILES string of the molecule is CCNc1ccncc1C(=O)N(C)CC1CCCN1C. The quantitative estimate of drug-likeness (QED) is 0.889. The van der Waals surface area contributed by atoms with Crippen LogP contribution in [0.5, 0.6) is 0 Å². The zero-order valence-corrected chi connectivity index (χ0v) is 12.6. The summed E-state index contributed by atoms with van der Waals surface area (Å²) < 4.78 is 0. The molecule has 2 heterocycles. The van der Waals surface area contributed by atoms with Gasteiger partial charge in [-0.3, -0.25) is 9.78 Å². The standard InChI is InChI=1S/C15H24N4O/c1-4-17-14-7-8-16-10-13(14)15(20)19(3)11-12-6-5-9-18(12)2/h7-8,10,12H,4-6,9,11H2,1-3H3,(H,16,17). The van der Waals surface area contributed by atoms with E-state index < -0.39 is 0 Å². The predicted molar refractivity (Wildman–Crippen MR) is 81.0 cm³/mol. The van der Waals surface area contributed by atoms with E-state index in [0.29, 0.717) is 11.6 Å². The summed E-state index contributed by atoms with van der Waals surface area (Å²) in [6, 6.07) is 2.33. The molecule has 1 fully saturated rings. The van der Waals surface area contributed by atoms with Crippen LogP contribution in [0.3, 0.4) is 0 Å². The molecule has 1 atom stereocenters. The fourth-order valence-corrected chi connectivity index (χ4v) is 2.72. The number of nitrogens with zero attached hydrogens (tertiary/aromatic N) is 3. The third-order valence-electron chi connectivity index (χ3n) is 3.92. The maximum absolute atomic E-state index is 12.6. The van der Waals surface area contributed by atoms with Gasteiger partial charge < -0.3 is 15.1 Å². The highest BCUT2D eigenvalue weighted by Crippen LogP contribution is 2.19. The fraction of sp³-hybridized carbons (Fsp3) is 0.600. The molecule has 0 saturated carbocycles. The van der Waals surface area contributed by atoms with Crippen LogP contribution in [0, 0.1) is 0 Å². The van der Waals surface area contributed by atoms with Crippen LogP contribution in [-0.4, -0.2) is 60.5 Å². The zero-order chi connectivity index (χ0) is 14.5. The monoisotopic (exact) mass is 276 g/mol. The summed E-state index contributed by atoms with van der Waals surface area (Å²) in [5.74, 6) is 0.0364. The second-order valence-electron chi connectivity index (χ2n) is 5.41. The smallest absolute Gasteiger partial charge is 0.257 e. The number of amides is 1. The van der Waals surface area contributed by atoms with Gasteiger partial charge in [0.1, 0.15) is 0 Å². The molecule has 0 bridgehead atoms. The van der Waals surface area contributed by atoms with Crippen LogP contribution in [0.1, 0.15) is 30.1 Å². The number of likely N-dealkylation sites (N-methyl/N-ethyl adjacent to an activating group) is 2. The summed E-state index contributed by atoms with van der Waals surface area (Å²) >= 11 is 0. The molecule has 1 aromatic rings. The van der Waals surface area contributed by atoms with Crippen LogP contribution in [0.2, 0.25) is 0 Å². The van der Waals surface area contributed by atoms with Crippen molar-refractivity contribution in [2.24, 2.45) is 0 Å². The Bertz CT molecular complexity index is 463. The molecule has 0 aromatic carbocycles. The van der Waals surface area contributed by atoms with Gasteiger partial charge in [0.05, 0.1) is 11.3 Å². The number of aromatic nitrogens is 1. The van der Waals surface area contributed by atoms with E-state index in [1.165, 1.54) is 12.8 Å². The average molecular weight is 276 g/mol. The number of hydrogen-bond acceptors (Lipinski definition) is 4. The maximum atomic E-state index is 12.6. The molecule has 1 aliphatic rings. The lowest BCUT2D eigenvalue weighted by atomic mass is 10.1. The third-order valence-corrected chi connectivity index (χ3v) is 3.92. The minimum Gasteiger partial charge on any atom is -0.385 e. The van der Waals surface area contributed by atoms with E-state index in [0.717, 1.165) is 25.3 Å². The first kappa shape index (κ1) is 14.8. The second kappa shape index (κ2) is 6.70. The van der Waals surface area contributed by atoms with Gasteiger partial charge >= 0.3 is 0 Å². The van der Waals surface area contributed by atoms with E-state index in [4.69, 9.17) is 0 Å².